The van der Waals surface area contributed by atoms with Gasteiger partial charge in [-0.15, -0.1) is 5.73 Å². The first-order valence-electron chi connectivity index (χ1n) is 6.99. The molecule has 0 saturated heterocycles. The monoisotopic (exact) mass is 270 g/mol. The molecular weight excluding hydrogens is 248 g/mol. The van der Waals surface area contributed by atoms with Gasteiger partial charge in [0.05, 0.1) is 12.7 Å². The lowest BCUT2D eigenvalue weighted by Crippen LogP contribution is -2.04. The van der Waals surface area contributed by atoms with Gasteiger partial charge in [0, 0.05) is 5.57 Å². The summed E-state index contributed by atoms with van der Waals surface area (Å²) < 4.78 is 4.85. The van der Waals surface area contributed by atoms with Gasteiger partial charge in [0.1, 0.15) is 0 Å². The van der Waals surface area contributed by atoms with Crippen LogP contribution in [-0.4, -0.2) is 13.1 Å². The van der Waals surface area contributed by atoms with E-state index in [0.717, 1.165) is 24.0 Å². The predicted octanol–water partition coefficient (Wildman–Crippen LogP) is 4.53. The molecule has 2 nitrogen and oxygen atoms in total. The molecule has 0 spiro atoms. The first-order valence-corrected chi connectivity index (χ1v) is 6.99. The van der Waals surface area contributed by atoms with Gasteiger partial charge in [-0.3, -0.25) is 0 Å². The number of carbonyl (C=O) groups is 1. The summed E-state index contributed by atoms with van der Waals surface area (Å²) in [5.41, 5.74) is 5.78. The molecule has 0 radical (unpaired) electrons. The molecule has 1 aromatic rings. The molecule has 0 aliphatic carbocycles. The van der Waals surface area contributed by atoms with Crippen LogP contribution in [-0.2, 0) is 9.53 Å². The molecule has 106 valence electrons. The highest BCUT2D eigenvalue weighted by molar-refractivity contribution is 5.90. The molecule has 0 saturated carbocycles. The second-order valence-electron chi connectivity index (χ2n) is 4.48. The van der Waals surface area contributed by atoms with Crippen LogP contribution in [0.1, 0.15) is 38.7 Å². The quantitative estimate of drug-likeness (QED) is 0.328. The Morgan fingerprint density at radius 1 is 1.30 bits per heavy atom. The fraction of sp³-hybridized carbons (Fsp3) is 0.333. The summed E-state index contributed by atoms with van der Waals surface area (Å²) >= 11 is 0. The van der Waals surface area contributed by atoms with E-state index in [1.807, 2.05) is 49.4 Å². The van der Waals surface area contributed by atoms with E-state index in [1.165, 1.54) is 7.11 Å². The van der Waals surface area contributed by atoms with Crippen LogP contribution in [0.3, 0.4) is 0 Å². The van der Waals surface area contributed by atoms with Crippen molar-refractivity contribution in [1.29, 1.82) is 0 Å². The van der Waals surface area contributed by atoms with Crippen LogP contribution < -0.4 is 0 Å². The van der Waals surface area contributed by atoms with E-state index in [4.69, 9.17) is 4.74 Å². The van der Waals surface area contributed by atoms with Gasteiger partial charge in [0.2, 0.25) is 0 Å². The van der Waals surface area contributed by atoms with Gasteiger partial charge < -0.3 is 4.74 Å². The van der Waals surface area contributed by atoms with Crippen molar-refractivity contribution >= 4 is 11.5 Å². The lowest BCUT2D eigenvalue weighted by atomic mass is 10.0. The first kappa shape index (κ1) is 16.0. The summed E-state index contributed by atoms with van der Waals surface area (Å²) in [6, 6.07) is 9.95. The molecule has 2 heteroatoms. The fourth-order valence-corrected chi connectivity index (χ4v) is 1.85. The number of unbranched alkanes of at least 4 members (excludes halogenated alkanes) is 1. The molecule has 0 amide bonds. The maximum absolute atomic E-state index is 11.8. The smallest absolute Gasteiger partial charge is 0.341 e. The third-order valence-corrected chi connectivity index (χ3v) is 2.92. The van der Waals surface area contributed by atoms with Crippen molar-refractivity contribution < 1.29 is 9.53 Å². The summed E-state index contributed by atoms with van der Waals surface area (Å²) in [5.74, 6) is -0.295. The second-order valence-corrected chi connectivity index (χ2v) is 4.48. The minimum atomic E-state index is -0.295. The Hall–Kier alpha value is -2.05. The number of allylic oxidation sites excluding steroid dienone is 2. The van der Waals surface area contributed by atoms with E-state index < -0.39 is 0 Å². The molecule has 0 aromatic heterocycles. The van der Waals surface area contributed by atoms with Crippen LogP contribution in [0.5, 0.6) is 0 Å². The van der Waals surface area contributed by atoms with Crippen molar-refractivity contribution in [2.24, 2.45) is 0 Å². The van der Waals surface area contributed by atoms with Gasteiger partial charge in [0.25, 0.3) is 0 Å². The number of esters is 1. The van der Waals surface area contributed by atoms with Crippen molar-refractivity contribution in [3.63, 3.8) is 0 Å². The van der Waals surface area contributed by atoms with Crippen LogP contribution in [0, 0.1) is 0 Å². The van der Waals surface area contributed by atoms with Crippen molar-refractivity contribution in [1.82, 2.24) is 0 Å². The summed E-state index contributed by atoms with van der Waals surface area (Å²) in [7, 11) is 1.41. The van der Waals surface area contributed by atoms with Crippen molar-refractivity contribution in [3.05, 3.63) is 59.4 Å². The first-order chi connectivity index (χ1) is 9.72. The second kappa shape index (κ2) is 8.95. The minimum absolute atomic E-state index is 0.295. The van der Waals surface area contributed by atoms with Crippen LogP contribution in [0.4, 0.5) is 0 Å². The van der Waals surface area contributed by atoms with Crippen LogP contribution in [0.25, 0.3) is 5.57 Å². The van der Waals surface area contributed by atoms with Crippen molar-refractivity contribution in [2.75, 3.05) is 7.11 Å². The third-order valence-electron chi connectivity index (χ3n) is 2.92. The summed E-state index contributed by atoms with van der Waals surface area (Å²) in [4.78, 5) is 11.8. The van der Waals surface area contributed by atoms with E-state index >= 15 is 0 Å². The van der Waals surface area contributed by atoms with Gasteiger partial charge in [-0.05, 0) is 25.3 Å². The molecule has 0 aliphatic heterocycles. The number of ether oxygens (including phenoxy) is 1. The number of rotatable bonds is 6. The Kier molecular flexibility index (Phi) is 7.16. The molecule has 0 bridgehead atoms. The molecule has 1 rings (SSSR count). The van der Waals surface area contributed by atoms with Crippen LogP contribution in [0.15, 0.2) is 53.8 Å². The topological polar surface area (TPSA) is 26.3 Å². The zero-order chi connectivity index (χ0) is 14.8. The number of hydrogen-bond acceptors (Lipinski definition) is 2. The molecule has 0 fully saturated rings. The van der Waals surface area contributed by atoms with Crippen molar-refractivity contribution in [2.45, 2.75) is 33.1 Å². The molecule has 0 aliphatic rings. The highest BCUT2D eigenvalue weighted by Gasteiger charge is 2.09. The Balaban J connectivity index is 3.30. The Morgan fingerprint density at radius 2 is 2.00 bits per heavy atom. The zero-order valence-corrected chi connectivity index (χ0v) is 12.5. The Morgan fingerprint density at radius 3 is 2.55 bits per heavy atom. The molecule has 0 unspecified atom stereocenters. The van der Waals surface area contributed by atoms with Gasteiger partial charge in [0.15, 0.2) is 0 Å². The van der Waals surface area contributed by atoms with E-state index in [-0.39, 0.29) is 5.97 Å². The highest BCUT2D eigenvalue weighted by Crippen LogP contribution is 2.17. The maximum atomic E-state index is 11.8. The average molecular weight is 270 g/mol. The van der Waals surface area contributed by atoms with Crippen LogP contribution >= 0.6 is 0 Å². The molecule has 0 heterocycles. The van der Waals surface area contributed by atoms with Gasteiger partial charge in [-0.25, -0.2) is 4.79 Å². The SMILES string of the molecule is C/C=C/C(=C=C(CCCC)C(=O)OC)c1ccccc1. The standard InChI is InChI=1S/C18H22O2/c1-4-6-11-17(18(19)20-3)14-16(10-5-2)15-12-8-7-9-13-15/h5,7-10,12-13H,4,6,11H2,1-3H3/b10-5+. The van der Waals surface area contributed by atoms with E-state index in [9.17, 15) is 4.79 Å². The highest BCUT2D eigenvalue weighted by atomic mass is 16.5. The number of hydrogen-bond donors (Lipinski definition) is 0. The van der Waals surface area contributed by atoms with E-state index in [2.05, 4.69) is 12.7 Å². The van der Waals surface area contributed by atoms with E-state index in [1.54, 1.807) is 0 Å². The molecule has 20 heavy (non-hydrogen) atoms. The lowest BCUT2D eigenvalue weighted by molar-refractivity contribution is -0.136. The van der Waals surface area contributed by atoms with Gasteiger partial charge in [-0.1, -0.05) is 55.8 Å². The van der Waals surface area contributed by atoms with Gasteiger partial charge >= 0.3 is 5.97 Å². The average Bonchev–Trinajstić information content (AvgIpc) is 2.50. The minimum Gasteiger partial charge on any atom is -0.465 e. The summed E-state index contributed by atoms with van der Waals surface area (Å²) in [5, 5.41) is 0. The normalized spacial score (nSPS) is 10.2. The van der Waals surface area contributed by atoms with Crippen LogP contribution in [0.2, 0.25) is 0 Å². The number of methoxy groups -OCH3 is 1. The fourth-order valence-electron chi connectivity index (χ4n) is 1.85. The van der Waals surface area contributed by atoms with E-state index in [0.29, 0.717) is 12.0 Å². The lowest BCUT2D eigenvalue weighted by Gasteiger charge is -2.04. The molecular formula is C18H22O2. The van der Waals surface area contributed by atoms with Gasteiger partial charge in [-0.2, -0.15) is 0 Å². The summed E-state index contributed by atoms with van der Waals surface area (Å²) in [6.45, 7) is 4.05. The zero-order valence-electron chi connectivity index (χ0n) is 12.5. The Labute approximate surface area is 121 Å². The molecule has 0 N–H and O–H groups in total. The molecule has 1 aromatic carbocycles. The summed E-state index contributed by atoms with van der Waals surface area (Å²) in [6.07, 6.45) is 6.59. The largest absolute Gasteiger partial charge is 0.465 e. The van der Waals surface area contributed by atoms with Crippen molar-refractivity contribution in [3.8, 4) is 0 Å². The number of benzene rings is 1. The molecule has 0 atom stereocenters. The Bertz CT molecular complexity index is 518. The predicted molar refractivity (Wildman–Crippen MR) is 83.2 cm³/mol. The number of carbonyl (C=O) groups excluding carboxylic acids is 1. The third kappa shape index (κ3) is 4.91. The maximum Gasteiger partial charge on any atom is 0.341 e.